The van der Waals surface area contributed by atoms with Gasteiger partial charge in [0.15, 0.2) is 11.7 Å². The number of nitrogens with zero attached hydrogens (tertiary/aromatic N) is 1. The lowest BCUT2D eigenvalue weighted by Gasteiger charge is -2.45. The highest BCUT2D eigenvalue weighted by Gasteiger charge is 2.49. The Bertz CT molecular complexity index is 545. The number of ether oxygens (including phenoxy) is 2. The first kappa shape index (κ1) is 17.5. The van der Waals surface area contributed by atoms with Crippen molar-refractivity contribution < 1.29 is 19.1 Å². The molecule has 0 bridgehead atoms. The number of rotatable bonds is 5. The smallest absolute Gasteiger partial charge is 0.306 e. The minimum absolute atomic E-state index is 0.279. The van der Waals surface area contributed by atoms with Gasteiger partial charge in [0, 0.05) is 32.4 Å². The first-order chi connectivity index (χ1) is 11.0. The summed E-state index contributed by atoms with van der Waals surface area (Å²) in [5.74, 6) is -0.561. The van der Waals surface area contributed by atoms with E-state index in [9.17, 15) is 9.59 Å². The third-order valence-corrected chi connectivity index (χ3v) is 4.27. The van der Waals surface area contributed by atoms with Crippen molar-refractivity contribution in [3.63, 3.8) is 0 Å². The van der Waals surface area contributed by atoms with Gasteiger partial charge in [-0.3, -0.25) is 9.59 Å². The number of piperidine rings is 1. The summed E-state index contributed by atoms with van der Waals surface area (Å²) in [6, 6.07) is 9.60. The molecule has 1 fully saturated rings. The SMILES string of the molecule is CCC(=O)OC1CN(C)CCC1(OC(=O)CC)c1ccccc1. The van der Waals surface area contributed by atoms with Crippen LogP contribution in [0, 0.1) is 0 Å². The van der Waals surface area contributed by atoms with Crippen LogP contribution in [0.2, 0.25) is 0 Å². The fraction of sp³-hybridized carbons (Fsp3) is 0.556. The van der Waals surface area contributed by atoms with Crippen molar-refractivity contribution in [2.24, 2.45) is 0 Å². The van der Waals surface area contributed by atoms with Crippen LogP contribution in [0.5, 0.6) is 0 Å². The summed E-state index contributed by atoms with van der Waals surface area (Å²) >= 11 is 0. The zero-order valence-corrected chi connectivity index (χ0v) is 14.1. The molecule has 23 heavy (non-hydrogen) atoms. The standard InChI is InChI=1S/C18H25NO4/c1-4-16(20)22-15-13-19(3)12-11-18(15,23-17(21)5-2)14-9-7-6-8-10-14/h6-10,15H,4-5,11-13H2,1-3H3. The van der Waals surface area contributed by atoms with E-state index in [-0.39, 0.29) is 11.9 Å². The second kappa shape index (κ2) is 7.59. The highest BCUT2D eigenvalue weighted by atomic mass is 16.6. The van der Waals surface area contributed by atoms with Gasteiger partial charge >= 0.3 is 11.9 Å². The summed E-state index contributed by atoms with van der Waals surface area (Å²) in [4.78, 5) is 26.0. The van der Waals surface area contributed by atoms with Crippen molar-refractivity contribution in [2.45, 2.75) is 44.8 Å². The number of esters is 2. The molecule has 1 heterocycles. The van der Waals surface area contributed by atoms with Crippen molar-refractivity contribution in [1.29, 1.82) is 0 Å². The predicted molar refractivity (Wildman–Crippen MR) is 86.8 cm³/mol. The first-order valence-electron chi connectivity index (χ1n) is 8.17. The van der Waals surface area contributed by atoms with Gasteiger partial charge in [0.2, 0.25) is 0 Å². The minimum Gasteiger partial charge on any atom is -0.456 e. The number of carbonyl (C=O) groups excluding carboxylic acids is 2. The van der Waals surface area contributed by atoms with Gasteiger partial charge in [0.1, 0.15) is 0 Å². The van der Waals surface area contributed by atoms with E-state index in [2.05, 4.69) is 4.90 Å². The van der Waals surface area contributed by atoms with Gasteiger partial charge < -0.3 is 14.4 Å². The number of likely N-dealkylation sites (N-methyl/N-ethyl adjacent to an activating group) is 1. The number of likely N-dealkylation sites (tertiary alicyclic amines) is 1. The lowest BCUT2D eigenvalue weighted by molar-refractivity contribution is -0.200. The molecule has 0 aliphatic carbocycles. The summed E-state index contributed by atoms with van der Waals surface area (Å²) in [6.45, 7) is 4.84. The van der Waals surface area contributed by atoms with E-state index >= 15 is 0 Å². The Labute approximate surface area is 137 Å². The Morgan fingerprint density at radius 2 is 1.83 bits per heavy atom. The fourth-order valence-corrected chi connectivity index (χ4v) is 2.92. The zero-order chi connectivity index (χ0) is 16.9. The van der Waals surface area contributed by atoms with E-state index in [1.165, 1.54) is 0 Å². The summed E-state index contributed by atoms with van der Waals surface area (Å²) in [5.41, 5.74) is -0.0325. The number of carbonyl (C=O) groups is 2. The van der Waals surface area contributed by atoms with Gasteiger partial charge in [-0.1, -0.05) is 44.2 Å². The van der Waals surface area contributed by atoms with E-state index in [1.807, 2.05) is 37.4 Å². The minimum atomic E-state index is -0.911. The summed E-state index contributed by atoms with van der Waals surface area (Å²) in [5, 5.41) is 0. The Hall–Kier alpha value is -1.88. The maximum atomic E-state index is 12.1. The summed E-state index contributed by atoms with van der Waals surface area (Å²) < 4.78 is 11.5. The summed E-state index contributed by atoms with van der Waals surface area (Å²) in [6.07, 6.45) is 0.679. The Morgan fingerprint density at radius 3 is 2.43 bits per heavy atom. The monoisotopic (exact) mass is 319 g/mol. The molecule has 1 aliphatic heterocycles. The van der Waals surface area contributed by atoms with Gasteiger partial charge in [0.25, 0.3) is 0 Å². The van der Waals surface area contributed by atoms with E-state index in [1.54, 1.807) is 13.8 Å². The van der Waals surface area contributed by atoms with Gasteiger partial charge in [-0.15, -0.1) is 0 Å². The molecule has 0 radical (unpaired) electrons. The van der Waals surface area contributed by atoms with Crippen LogP contribution in [0.3, 0.4) is 0 Å². The molecule has 0 N–H and O–H groups in total. The van der Waals surface area contributed by atoms with Crippen LogP contribution < -0.4 is 0 Å². The second-order valence-corrected chi connectivity index (χ2v) is 5.93. The van der Waals surface area contributed by atoms with Crippen molar-refractivity contribution in [1.82, 2.24) is 4.90 Å². The van der Waals surface area contributed by atoms with E-state index < -0.39 is 11.7 Å². The van der Waals surface area contributed by atoms with Crippen LogP contribution in [0.1, 0.15) is 38.7 Å². The van der Waals surface area contributed by atoms with Crippen LogP contribution in [0.15, 0.2) is 30.3 Å². The molecule has 2 rings (SSSR count). The van der Waals surface area contributed by atoms with Crippen LogP contribution in [-0.4, -0.2) is 43.1 Å². The average molecular weight is 319 g/mol. The first-order valence-corrected chi connectivity index (χ1v) is 8.17. The average Bonchev–Trinajstić information content (AvgIpc) is 2.58. The third-order valence-electron chi connectivity index (χ3n) is 4.27. The molecule has 1 aromatic carbocycles. The van der Waals surface area contributed by atoms with E-state index in [4.69, 9.17) is 9.47 Å². The highest BCUT2D eigenvalue weighted by Crippen LogP contribution is 2.39. The van der Waals surface area contributed by atoms with Crippen LogP contribution in [-0.2, 0) is 24.7 Å². The highest BCUT2D eigenvalue weighted by molar-refractivity contribution is 5.71. The second-order valence-electron chi connectivity index (χ2n) is 5.93. The molecule has 1 aromatic rings. The van der Waals surface area contributed by atoms with Crippen LogP contribution in [0.4, 0.5) is 0 Å². The molecule has 5 nitrogen and oxygen atoms in total. The molecule has 2 unspecified atom stereocenters. The zero-order valence-electron chi connectivity index (χ0n) is 14.1. The van der Waals surface area contributed by atoms with Crippen LogP contribution >= 0.6 is 0 Å². The van der Waals surface area contributed by atoms with Crippen molar-refractivity contribution >= 4 is 11.9 Å². The van der Waals surface area contributed by atoms with E-state index in [0.717, 1.165) is 12.1 Å². The summed E-state index contributed by atoms with van der Waals surface area (Å²) in [7, 11) is 1.98. The molecule has 2 atom stereocenters. The molecule has 126 valence electrons. The molecule has 1 aliphatic rings. The molecule has 0 spiro atoms. The topological polar surface area (TPSA) is 55.8 Å². The molecular weight excluding hydrogens is 294 g/mol. The third kappa shape index (κ3) is 3.91. The van der Waals surface area contributed by atoms with Gasteiger partial charge in [-0.2, -0.15) is 0 Å². The molecule has 0 amide bonds. The Kier molecular flexibility index (Phi) is 5.77. The number of hydrogen-bond acceptors (Lipinski definition) is 5. The number of benzene rings is 1. The molecular formula is C18H25NO4. The Balaban J connectivity index is 2.42. The van der Waals surface area contributed by atoms with Gasteiger partial charge in [-0.05, 0) is 12.6 Å². The van der Waals surface area contributed by atoms with Crippen molar-refractivity contribution in [3.05, 3.63) is 35.9 Å². The maximum absolute atomic E-state index is 12.1. The van der Waals surface area contributed by atoms with Crippen LogP contribution in [0.25, 0.3) is 0 Å². The normalized spacial score (nSPS) is 24.9. The van der Waals surface area contributed by atoms with E-state index in [0.29, 0.717) is 25.8 Å². The van der Waals surface area contributed by atoms with Crippen molar-refractivity contribution in [2.75, 3.05) is 20.1 Å². The van der Waals surface area contributed by atoms with Gasteiger partial charge in [0.05, 0.1) is 0 Å². The molecule has 0 aromatic heterocycles. The quantitative estimate of drug-likeness (QED) is 0.781. The molecule has 1 saturated heterocycles. The maximum Gasteiger partial charge on any atom is 0.306 e. The number of hydrogen-bond donors (Lipinski definition) is 0. The molecule has 5 heteroatoms. The Morgan fingerprint density at radius 1 is 1.17 bits per heavy atom. The van der Waals surface area contributed by atoms with Gasteiger partial charge in [-0.25, -0.2) is 0 Å². The lowest BCUT2D eigenvalue weighted by atomic mass is 9.81. The fourth-order valence-electron chi connectivity index (χ4n) is 2.92. The lowest BCUT2D eigenvalue weighted by Crippen LogP contribution is -2.56. The molecule has 0 saturated carbocycles. The largest absolute Gasteiger partial charge is 0.456 e. The van der Waals surface area contributed by atoms with Crippen molar-refractivity contribution in [3.8, 4) is 0 Å². The predicted octanol–water partition coefficient (Wildman–Crippen LogP) is 2.49.